The Morgan fingerprint density at radius 3 is 2.09 bits per heavy atom. The third-order valence-corrected chi connectivity index (χ3v) is 5.95. The smallest absolute Gasteiger partial charge is 0.410 e. The number of nitrogens with zero attached hydrogens (tertiary/aromatic N) is 2. The molecular weight excluding hydrogens is 404 g/mol. The molecule has 0 saturated carbocycles. The van der Waals surface area contributed by atoms with Crippen LogP contribution in [0.5, 0.6) is 5.75 Å². The van der Waals surface area contributed by atoms with E-state index in [-0.39, 0.29) is 12.0 Å². The van der Waals surface area contributed by atoms with Gasteiger partial charge in [-0.15, -0.1) is 0 Å². The maximum atomic E-state index is 14.1. The Balaban J connectivity index is 1.89. The number of likely N-dealkylation sites (tertiary alicyclic amines) is 1. The number of carbonyl (C=O) groups is 2. The summed E-state index contributed by atoms with van der Waals surface area (Å²) in [7, 11) is 1.63. The topological polar surface area (TPSA) is 59.1 Å². The van der Waals surface area contributed by atoms with Crippen molar-refractivity contribution in [2.75, 3.05) is 31.6 Å². The van der Waals surface area contributed by atoms with Gasteiger partial charge in [-0.05, 0) is 70.4 Å². The Hall–Kier alpha value is -3.02. The number of rotatable bonds is 5. The van der Waals surface area contributed by atoms with Gasteiger partial charge in [0.15, 0.2) is 0 Å². The normalized spacial score (nSPS) is 15.7. The van der Waals surface area contributed by atoms with E-state index in [2.05, 4.69) is 0 Å². The SMILES string of the molecule is CCN(C(=O)C1(c2ccccc2)CCN(C(=O)OC(C)(C)C)CC1)c1ccc(OC)cc1. The standard InChI is InChI=1S/C26H34N2O4/c1-6-28(21-12-14-22(31-5)15-13-21)23(29)26(20-10-8-7-9-11-20)16-18-27(19-17-26)24(30)32-25(2,3)4/h7-15H,6,16-19H2,1-5H3. The van der Waals surface area contributed by atoms with Gasteiger partial charge in [-0.2, -0.15) is 0 Å². The van der Waals surface area contributed by atoms with Crippen molar-refractivity contribution in [2.45, 2.75) is 51.6 Å². The Morgan fingerprint density at radius 1 is 1.00 bits per heavy atom. The molecule has 6 heteroatoms. The fraction of sp³-hybridized carbons (Fsp3) is 0.462. The molecule has 1 aliphatic rings. The van der Waals surface area contributed by atoms with Gasteiger partial charge < -0.3 is 19.3 Å². The van der Waals surface area contributed by atoms with Crippen molar-refractivity contribution in [1.82, 2.24) is 4.90 Å². The first-order valence-electron chi connectivity index (χ1n) is 11.2. The summed E-state index contributed by atoms with van der Waals surface area (Å²) in [4.78, 5) is 30.2. The molecule has 0 N–H and O–H groups in total. The molecule has 0 unspecified atom stereocenters. The van der Waals surface area contributed by atoms with E-state index in [1.54, 1.807) is 12.0 Å². The quantitative estimate of drug-likeness (QED) is 0.658. The van der Waals surface area contributed by atoms with E-state index in [1.165, 1.54) is 0 Å². The van der Waals surface area contributed by atoms with Gasteiger partial charge in [0, 0.05) is 25.3 Å². The van der Waals surface area contributed by atoms with Gasteiger partial charge in [-0.3, -0.25) is 4.79 Å². The monoisotopic (exact) mass is 438 g/mol. The number of hydrogen-bond acceptors (Lipinski definition) is 4. The Morgan fingerprint density at radius 2 is 1.59 bits per heavy atom. The molecule has 2 aromatic rings. The van der Waals surface area contributed by atoms with E-state index in [9.17, 15) is 9.59 Å². The zero-order valence-electron chi connectivity index (χ0n) is 19.8. The highest BCUT2D eigenvalue weighted by Gasteiger charge is 2.46. The summed E-state index contributed by atoms with van der Waals surface area (Å²) in [6.45, 7) is 9.06. The molecule has 0 aliphatic carbocycles. The van der Waals surface area contributed by atoms with Crippen molar-refractivity contribution < 1.29 is 19.1 Å². The summed E-state index contributed by atoms with van der Waals surface area (Å²) >= 11 is 0. The molecular formula is C26H34N2O4. The Bertz CT molecular complexity index is 911. The predicted molar refractivity (Wildman–Crippen MR) is 126 cm³/mol. The van der Waals surface area contributed by atoms with Crippen molar-refractivity contribution in [2.24, 2.45) is 0 Å². The molecule has 0 spiro atoms. The van der Waals surface area contributed by atoms with Gasteiger partial charge in [0.2, 0.25) is 5.91 Å². The number of carbonyl (C=O) groups excluding carboxylic acids is 2. The zero-order valence-corrected chi connectivity index (χ0v) is 19.8. The first-order chi connectivity index (χ1) is 15.2. The van der Waals surface area contributed by atoms with E-state index >= 15 is 0 Å². The molecule has 1 aliphatic heterocycles. The van der Waals surface area contributed by atoms with Crippen LogP contribution < -0.4 is 9.64 Å². The lowest BCUT2D eigenvalue weighted by molar-refractivity contribution is -0.126. The Kier molecular flexibility index (Phi) is 7.12. The number of amides is 2. The molecule has 0 radical (unpaired) electrons. The molecule has 1 saturated heterocycles. The van der Waals surface area contributed by atoms with Crippen molar-refractivity contribution >= 4 is 17.7 Å². The third kappa shape index (κ3) is 5.06. The molecule has 1 heterocycles. The van der Waals surface area contributed by atoms with Crippen molar-refractivity contribution in [3.63, 3.8) is 0 Å². The molecule has 1 fully saturated rings. The van der Waals surface area contributed by atoms with E-state index in [0.29, 0.717) is 32.5 Å². The summed E-state index contributed by atoms with van der Waals surface area (Å²) in [6, 6.07) is 17.5. The second-order valence-corrected chi connectivity index (χ2v) is 9.16. The second-order valence-electron chi connectivity index (χ2n) is 9.16. The minimum absolute atomic E-state index is 0.0557. The van der Waals surface area contributed by atoms with Crippen LogP contribution in [0.3, 0.4) is 0 Å². The summed E-state index contributed by atoms with van der Waals surface area (Å²) in [5, 5.41) is 0. The van der Waals surface area contributed by atoms with E-state index in [1.807, 2.05) is 87.2 Å². The molecule has 6 nitrogen and oxygen atoms in total. The maximum absolute atomic E-state index is 14.1. The van der Waals surface area contributed by atoms with Crippen LogP contribution in [0.25, 0.3) is 0 Å². The van der Waals surface area contributed by atoms with Crippen LogP contribution in [0.2, 0.25) is 0 Å². The number of anilines is 1. The summed E-state index contributed by atoms with van der Waals surface area (Å²) < 4.78 is 10.8. The van der Waals surface area contributed by atoms with Crippen molar-refractivity contribution in [3.8, 4) is 5.75 Å². The highest BCUT2D eigenvalue weighted by Crippen LogP contribution is 2.39. The van der Waals surface area contributed by atoms with Crippen LogP contribution >= 0.6 is 0 Å². The lowest BCUT2D eigenvalue weighted by Gasteiger charge is -2.43. The Labute approximate surface area is 191 Å². The zero-order chi connectivity index (χ0) is 23.4. The molecule has 0 aromatic heterocycles. The van der Waals surface area contributed by atoms with Gasteiger partial charge in [0.1, 0.15) is 11.4 Å². The molecule has 2 aromatic carbocycles. The molecule has 0 atom stereocenters. The minimum atomic E-state index is -0.699. The van der Waals surface area contributed by atoms with Gasteiger partial charge >= 0.3 is 6.09 Å². The van der Waals surface area contributed by atoms with Gasteiger partial charge in [0.25, 0.3) is 0 Å². The van der Waals surface area contributed by atoms with Crippen LogP contribution in [0, 0.1) is 0 Å². The number of hydrogen-bond donors (Lipinski definition) is 0. The number of piperidine rings is 1. The molecule has 32 heavy (non-hydrogen) atoms. The number of likely N-dealkylation sites (N-methyl/N-ethyl adjacent to an activating group) is 1. The third-order valence-electron chi connectivity index (χ3n) is 5.95. The van der Waals surface area contributed by atoms with Gasteiger partial charge in [-0.25, -0.2) is 4.79 Å². The summed E-state index contributed by atoms with van der Waals surface area (Å²) in [5.74, 6) is 0.806. The number of methoxy groups -OCH3 is 1. The average molecular weight is 439 g/mol. The number of ether oxygens (including phenoxy) is 2. The van der Waals surface area contributed by atoms with Crippen LogP contribution in [-0.2, 0) is 14.9 Å². The first-order valence-corrected chi connectivity index (χ1v) is 11.2. The molecule has 3 rings (SSSR count). The molecule has 172 valence electrons. The fourth-order valence-electron chi connectivity index (χ4n) is 4.24. The van der Waals surface area contributed by atoms with Crippen LogP contribution in [0.4, 0.5) is 10.5 Å². The van der Waals surface area contributed by atoms with Crippen molar-refractivity contribution in [3.05, 3.63) is 60.2 Å². The van der Waals surface area contributed by atoms with Crippen LogP contribution in [0.15, 0.2) is 54.6 Å². The van der Waals surface area contributed by atoms with Gasteiger partial charge in [-0.1, -0.05) is 30.3 Å². The predicted octanol–water partition coefficient (Wildman–Crippen LogP) is 5.02. The first kappa shape index (κ1) is 23.6. The van der Waals surface area contributed by atoms with E-state index in [4.69, 9.17) is 9.47 Å². The lowest BCUT2D eigenvalue weighted by atomic mass is 9.71. The van der Waals surface area contributed by atoms with E-state index < -0.39 is 11.0 Å². The lowest BCUT2D eigenvalue weighted by Crippen LogP contribution is -2.54. The fourth-order valence-corrected chi connectivity index (χ4v) is 4.24. The number of benzene rings is 2. The molecule has 2 amide bonds. The summed E-state index contributed by atoms with van der Waals surface area (Å²) in [6.07, 6.45) is 0.762. The van der Waals surface area contributed by atoms with Crippen LogP contribution in [-0.4, -0.2) is 49.2 Å². The minimum Gasteiger partial charge on any atom is -0.497 e. The second kappa shape index (κ2) is 9.63. The molecule has 0 bridgehead atoms. The van der Waals surface area contributed by atoms with Crippen molar-refractivity contribution in [1.29, 1.82) is 0 Å². The highest BCUT2D eigenvalue weighted by atomic mass is 16.6. The summed E-state index contributed by atoms with van der Waals surface area (Å²) in [5.41, 5.74) is 0.577. The van der Waals surface area contributed by atoms with Gasteiger partial charge in [0.05, 0.1) is 12.5 Å². The average Bonchev–Trinajstić information content (AvgIpc) is 2.79. The largest absolute Gasteiger partial charge is 0.497 e. The highest BCUT2D eigenvalue weighted by molar-refractivity contribution is 6.01. The maximum Gasteiger partial charge on any atom is 0.410 e. The van der Waals surface area contributed by atoms with E-state index in [0.717, 1.165) is 17.0 Å². The van der Waals surface area contributed by atoms with Crippen LogP contribution in [0.1, 0.15) is 46.1 Å².